The smallest absolute Gasteiger partial charge is 0.326 e. The Hall–Kier alpha value is -1.30. The Morgan fingerprint density at radius 1 is 1.00 bits per heavy atom. The molecule has 0 bridgehead atoms. The number of nitrogens with zero attached hydrogens (tertiary/aromatic N) is 2. The number of halogens is 1. The number of aryl methyl sites for hydroxylation is 2. The van der Waals surface area contributed by atoms with Gasteiger partial charge in [-0.3, -0.25) is 4.57 Å². The lowest BCUT2D eigenvalue weighted by molar-refractivity contribution is 0.0220. The molecule has 0 spiro atoms. The molecule has 138 valence electrons. The average molecular weight is 366 g/mol. The molecule has 3 heterocycles. The van der Waals surface area contributed by atoms with E-state index in [0.29, 0.717) is 12.1 Å². The highest BCUT2D eigenvalue weighted by Crippen LogP contribution is 2.28. The van der Waals surface area contributed by atoms with Gasteiger partial charge < -0.3 is 14.6 Å². The van der Waals surface area contributed by atoms with Crippen molar-refractivity contribution in [3.63, 3.8) is 0 Å². The third-order valence-corrected chi connectivity index (χ3v) is 5.90. The van der Waals surface area contributed by atoms with Gasteiger partial charge in [-0.2, -0.15) is 0 Å². The van der Waals surface area contributed by atoms with Crippen LogP contribution >= 0.6 is 12.4 Å². The van der Waals surface area contributed by atoms with Crippen LogP contribution in [0.3, 0.4) is 0 Å². The van der Waals surface area contributed by atoms with E-state index in [1.807, 2.05) is 4.57 Å². The van der Waals surface area contributed by atoms with Crippen molar-refractivity contribution in [1.29, 1.82) is 0 Å². The molecule has 6 heteroatoms. The fourth-order valence-corrected chi connectivity index (χ4v) is 4.31. The Bertz CT molecular complexity index is 784. The van der Waals surface area contributed by atoms with Crippen LogP contribution < -0.4 is 5.69 Å². The lowest BCUT2D eigenvalue weighted by Gasteiger charge is -2.39. The van der Waals surface area contributed by atoms with Crippen LogP contribution in [-0.4, -0.2) is 46.8 Å². The largest absolute Gasteiger partial charge is 0.381 e. The summed E-state index contributed by atoms with van der Waals surface area (Å²) in [6.45, 7) is 8.16. The van der Waals surface area contributed by atoms with Gasteiger partial charge in [0.2, 0.25) is 0 Å². The first-order chi connectivity index (χ1) is 11.6. The predicted molar refractivity (Wildman–Crippen MR) is 103 cm³/mol. The molecule has 2 aromatic rings. The Balaban J connectivity index is 0.00000182. The number of hydrogen-bond acceptors (Lipinski definition) is 3. The van der Waals surface area contributed by atoms with Crippen molar-refractivity contribution >= 4 is 23.4 Å². The number of aromatic amines is 1. The zero-order valence-electron chi connectivity index (χ0n) is 15.1. The molecule has 4 rings (SSSR count). The van der Waals surface area contributed by atoms with Gasteiger partial charge in [0.25, 0.3) is 0 Å². The molecule has 0 saturated carbocycles. The number of fused-ring (bicyclic) bond motifs is 1. The molecule has 5 nitrogen and oxygen atoms in total. The maximum atomic E-state index is 12.5. The minimum absolute atomic E-state index is 0. The van der Waals surface area contributed by atoms with E-state index in [9.17, 15) is 4.79 Å². The van der Waals surface area contributed by atoms with Gasteiger partial charge in [0.1, 0.15) is 0 Å². The summed E-state index contributed by atoms with van der Waals surface area (Å²) in [5.41, 5.74) is 4.54. The van der Waals surface area contributed by atoms with E-state index in [1.165, 1.54) is 11.1 Å². The van der Waals surface area contributed by atoms with E-state index in [-0.39, 0.29) is 18.1 Å². The number of hydrogen-bond donors (Lipinski definition) is 1. The quantitative estimate of drug-likeness (QED) is 0.889. The number of nitrogens with one attached hydrogen (secondary N) is 1. The number of H-pyrrole nitrogens is 1. The fraction of sp³-hybridized carbons (Fsp3) is 0.632. The summed E-state index contributed by atoms with van der Waals surface area (Å²) in [5, 5.41) is 0. The monoisotopic (exact) mass is 365 g/mol. The molecule has 2 fully saturated rings. The second kappa shape index (κ2) is 7.52. The molecule has 0 radical (unpaired) electrons. The van der Waals surface area contributed by atoms with Gasteiger partial charge in [-0.1, -0.05) is 0 Å². The van der Waals surface area contributed by atoms with Crippen molar-refractivity contribution in [1.82, 2.24) is 14.5 Å². The van der Waals surface area contributed by atoms with Gasteiger partial charge >= 0.3 is 5.69 Å². The van der Waals surface area contributed by atoms with Gasteiger partial charge in [-0.25, -0.2) is 4.79 Å². The SMILES string of the molecule is Cc1cc2[nH]c(=O)n(C3CCN(C4CCOCC4)CC3)c2cc1C.Cl. The Kier molecular flexibility index (Phi) is 5.56. The predicted octanol–water partition coefficient (Wildman–Crippen LogP) is 3.18. The molecule has 0 amide bonds. The highest BCUT2D eigenvalue weighted by Gasteiger charge is 2.28. The van der Waals surface area contributed by atoms with Crippen LogP contribution in [0.15, 0.2) is 16.9 Å². The molecule has 0 unspecified atom stereocenters. The van der Waals surface area contributed by atoms with Gasteiger partial charge in [0.15, 0.2) is 0 Å². The van der Waals surface area contributed by atoms with Crippen molar-refractivity contribution in [3.8, 4) is 0 Å². The van der Waals surface area contributed by atoms with Crippen LogP contribution in [0.5, 0.6) is 0 Å². The van der Waals surface area contributed by atoms with E-state index in [1.54, 1.807) is 0 Å². The summed E-state index contributed by atoms with van der Waals surface area (Å²) >= 11 is 0. The highest BCUT2D eigenvalue weighted by atomic mass is 35.5. The number of piperidine rings is 1. The number of likely N-dealkylation sites (tertiary alicyclic amines) is 1. The van der Waals surface area contributed by atoms with Crippen molar-refractivity contribution in [2.24, 2.45) is 0 Å². The van der Waals surface area contributed by atoms with Crippen molar-refractivity contribution in [2.75, 3.05) is 26.3 Å². The van der Waals surface area contributed by atoms with Gasteiger partial charge in [-0.15, -0.1) is 12.4 Å². The standard InChI is InChI=1S/C19H27N3O2.ClH/c1-13-11-17-18(12-14(13)2)22(19(23)20-17)16-3-7-21(8-4-16)15-5-9-24-10-6-15;/h11-12,15-16H,3-10H2,1-2H3,(H,20,23);1H. The molecular formula is C19H28ClN3O2. The second-order valence-electron chi connectivity index (χ2n) is 7.36. The minimum atomic E-state index is 0. The summed E-state index contributed by atoms with van der Waals surface area (Å²) in [6, 6.07) is 5.24. The van der Waals surface area contributed by atoms with Crippen LogP contribution in [0.25, 0.3) is 11.0 Å². The van der Waals surface area contributed by atoms with Crippen LogP contribution in [0.2, 0.25) is 0 Å². The van der Waals surface area contributed by atoms with E-state index in [4.69, 9.17) is 4.74 Å². The second-order valence-corrected chi connectivity index (χ2v) is 7.36. The molecule has 2 aliphatic rings. The third kappa shape index (κ3) is 3.50. The number of ether oxygens (including phenoxy) is 1. The normalized spacial score (nSPS) is 20.7. The first-order valence-electron chi connectivity index (χ1n) is 9.17. The van der Waals surface area contributed by atoms with E-state index < -0.39 is 0 Å². The number of aromatic nitrogens is 2. The van der Waals surface area contributed by atoms with Gasteiger partial charge in [0, 0.05) is 38.4 Å². The summed E-state index contributed by atoms with van der Waals surface area (Å²) in [4.78, 5) is 18.2. The molecule has 0 aliphatic carbocycles. The Morgan fingerprint density at radius 3 is 2.32 bits per heavy atom. The number of rotatable bonds is 2. The summed E-state index contributed by atoms with van der Waals surface area (Å²) in [7, 11) is 0. The Labute approximate surface area is 154 Å². The maximum Gasteiger partial charge on any atom is 0.326 e. The molecule has 1 aromatic carbocycles. The van der Waals surface area contributed by atoms with Crippen LogP contribution in [0, 0.1) is 13.8 Å². The lowest BCUT2D eigenvalue weighted by atomic mass is 9.99. The topological polar surface area (TPSA) is 50.3 Å². The zero-order valence-corrected chi connectivity index (χ0v) is 15.9. The van der Waals surface area contributed by atoms with Crippen molar-refractivity contribution in [2.45, 2.75) is 51.6 Å². The lowest BCUT2D eigenvalue weighted by Crippen LogP contribution is -2.45. The molecule has 2 aliphatic heterocycles. The summed E-state index contributed by atoms with van der Waals surface area (Å²) < 4.78 is 7.48. The van der Waals surface area contributed by atoms with Crippen LogP contribution in [0.4, 0.5) is 0 Å². The van der Waals surface area contributed by atoms with Crippen LogP contribution in [0.1, 0.15) is 42.9 Å². The third-order valence-electron chi connectivity index (χ3n) is 5.90. The molecule has 0 atom stereocenters. The molecule has 25 heavy (non-hydrogen) atoms. The average Bonchev–Trinajstić information content (AvgIpc) is 2.91. The number of imidazole rings is 1. The van der Waals surface area contributed by atoms with Crippen molar-refractivity contribution in [3.05, 3.63) is 33.7 Å². The fourth-order valence-electron chi connectivity index (χ4n) is 4.31. The van der Waals surface area contributed by atoms with E-state index >= 15 is 0 Å². The van der Waals surface area contributed by atoms with Crippen molar-refractivity contribution < 1.29 is 4.74 Å². The first kappa shape index (κ1) is 18.5. The Morgan fingerprint density at radius 2 is 1.64 bits per heavy atom. The van der Waals surface area contributed by atoms with E-state index in [0.717, 1.165) is 63.0 Å². The molecule has 1 N–H and O–H groups in total. The van der Waals surface area contributed by atoms with Gasteiger partial charge in [0.05, 0.1) is 11.0 Å². The summed E-state index contributed by atoms with van der Waals surface area (Å²) in [5.74, 6) is 0. The molecular weight excluding hydrogens is 338 g/mol. The summed E-state index contributed by atoms with van der Waals surface area (Å²) in [6.07, 6.45) is 4.40. The minimum Gasteiger partial charge on any atom is -0.381 e. The van der Waals surface area contributed by atoms with Gasteiger partial charge in [-0.05, 0) is 62.8 Å². The zero-order chi connectivity index (χ0) is 16.7. The van der Waals surface area contributed by atoms with E-state index in [2.05, 4.69) is 35.9 Å². The van der Waals surface area contributed by atoms with Crippen LogP contribution in [-0.2, 0) is 4.74 Å². The number of benzene rings is 1. The molecule has 2 saturated heterocycles. The highest BCUT2D eigenvalue weighted by molar-refractivity contribution is 5.85. The molecule has 1 aromatic heterocycles. The maximum absolute atomic E-state index is 12.5. The first-order valence-corrected chi connectivity index (χ1v) is 9.17.